The number of methoxy groups -OCH3 is 1. The molecule has 1 saturated carbocycles. The quantitative estimate of drug-likeness (QED) is 0.854. The molecule has 0 aromatic heterocycles. The van der Waals surface area contributed by atoms with Gasteiger partial charge in [0.1, 0.15) is 0 Å². The molecule has 1 aliphatic carbocycles. The van der Waals surface area contributed by atoms with E-state index in [1.807, 2.05) is 12.1 Å². The number of benzene rings is 2. The van der Waals surface area contributed by atoms with E-state index in [0.717, 1.165) is 5.56 Å². The minimum atomic E-state index is -3.51. The van der Waals surface area contributed by atoms with Crippen LogP contribution in [0.3, 0.4) is 0 Å². The van der Waals surface area contributed by atoms with Gasteiger partial charge >= 0.3 is 0 Å². The first-order chi connectivity index (χ1) is 11.5. The molecule has 1 aliphatic rings. The summed E-state index contributed by atoms with van der Waals surface area (Å²) >= 11 is 5.96. The van der Waals surface area contributed by atoms with Crippen molar-refractivity contribution in [1.29, 1.82) is 0 Å². The average Bonchev–Trinajstić information content (AvgIpc) is 3.26. The number of rotatable bonds is 6. The smallest absolute Gasteiger partial charge is 0.182 e. The Bertz CT molecular complexity index is 808. The van der Waals surface area contributed by atoms with Crippen molar-refractivity contribution in [3.05, 3.63) is 65.2 Å². The summed E-state index contributed by atoms with van der Waals surface area (Å²) in [6.07, 6.45) is 0. The third-order valence-electron chi connectivity index (χ3n) is 4.81. The van der Waals surface area contributed by atoms with Gasteiger partial charge in [-0.3, -0.25) is 0 Å². The van der Waals surface area contributed by atoms with Crippen LogP contribution in [0.4, 0.5) is 0 Å². The van der Waals surface area contributed by atoms with E-state index in [0.29, 0.717) is 16.5 Å². The van der Waals surface area contributed by atoms with Crippen molar-refractivity contribution in [3.63, 3.8) is 0 Å². The van der Waals surface area contributed by atoms with Crippen LogP contribution >= 0.6 is 11.6 Å². The van der Waals surface area contributed by atoms with Gasteiger partial charge in [-0.15, -0.1) is 0 Å². The van der Waals surface area contributed by atoms with E-state index < -0.39 is 20.5 Å². The molecule has 0 aliphatic heterocycles. The van der Waals surface area contributed by atoms with Gasteiger partial charge < -0.3 is 10.5 Å². The monoisotopic (exact) mass is 365 g/mol. The minimum absolute atomic E-state index is 0.204. The fraction of sp³-hybridized carbons (Fsp3) is 0.333. The van der Waals surface area contributed by atoms with E-state index in [9.17, 15) is 8.42 Å². The zero-order chi connectivity index (χ0) is 17.4. The van der Waals surface area contributed by atoms with Crippen molar-refractivity contribution in [2.75, 3.05) is 20.3 Å². The summed E-state index contributed by atoms with van der Waals surface area (Å²) < 4.78 is 31.6. The molecule has 0 spiro atoms. The molecule has 2 aromatic rings. The highest BCUT2D eigenvalue weighted by molar-refractivity contribution is 7.92. The van der Waals surface area contributed by atoms with Gasteiger partial charge in [-0.1, -0.05) is 41.9 Å². The Balaban J connectivity index is 2.05. The van der Waals surface area contributed by atoms with E-state index in [2.05, 4.69) is 0 Å². The summed E-state index contributed by atoms with van der Waals surface area (Å²) in [6, 6.07) is 15.8. The fourth-order valence-electron chi connectivity index (χ4n) is 3.62. The van der Waals surface area contributed by atoms with Crippen LogP contribution in [0.2, 0.25) is 5.02 Å². The molecule has 24 heavy (non-hydrogen) atoms. The second-order valence-corrected chi connectivity index (χ2v) is 8.68. The molecule has 2 aromatic carbocycles. The Morgan fingerprint density at radius 1 is 1.12 bits per heavy atom. The molecule has 0 amide bonds. The minimum Gasteiger partial charge on any atom is -0.384 e. The van der Waals surface area contributed by atoms with E-state index in [4.69, 9.17) is 22.1 Å². The molecule has 0 unspecified atom stereocenters. The normalized spacial score (nSPS) is 26.3. The zero-order valence-corrected chi connectivity index (χ0v) is 14.9. The van der Waals surface area contributed by atoms with Gasteiger partial charge in [0, 0.05) is 30.0 Å². The molecule has 0 saturated heterocycles. The number of ether oxygens (including phenoxy) is 1. The van der Waals surface area contributed by atoms with Gasteiger partial charge in [0.15, 0.2) is 9.84 Å². The summed E-state index contributed by atoms with van der Waals surface area (Å²) in [5.74, 6) is -0.204. The standard InChI is InChI=1S/C18H20ClNO3S/c1-23-12-18(11-20)16(13-7-9-14(19)10-8-13)17(18)24(21,22)15-5-3-2-4-6-15/h2-10,16-17H,11-12,20H2,1H3/t16-,17+,18+/m1/s1. The number of halogens is 1. The molecular formula is C18H20ClNO3S. The van der Waals surface area contributed by atoms with Crippen molar-refractivity contribution < 1.29 is 13.2 Å². The maximum absolute atomic E-state index is 13.2. The summed E-state index contributed by atoms with van der Waals surface area (Å²) in [5, 5.41) is 0.0190. The highest BCUT2D eigenvalue weighted by Crippen LogP contribution is 2.63. The van der Waals surface area contributed by atoms with Crippen LogP contribution in [0.25, 0.3) is 0 Å². The lowest BCUT2D eigenvalue weighted by molar-refractivity contribution is 0.142. The fourth-order valence-corrected chi connectivity index (χ4v) is 6.21. The maximum atomic E-state index is 13.2. The first-order valence-corrected chi connectivity index (χ1v) is 9.63. The molecule has 0 radical (unpaired) electrons. The largest absolute Gasteiger partial charge is 0.384 e. The summed E-state index contributed by atoms with van der Waals surface area (Å²) in [7, 11) is -1.94. The number of hydrogen-bond donors (Lipinski definition) is 1. The van der Waals surface area contributed by atoms with Gasteiger partial charge in [0.2, 0.25) is 0 Å². The van der Waals surface area contributed by atoms with E-state index in [1.165, 1.54) is 0 Å². The van der Waals surface area contributed by atoms with Crippen molar-refractivity contribution in [2.24, 2.45) is 11.1 Å². The number of nitrogens with two attached hydrogens (primary N) is 1. The highest BCUT2D eigenvalue weighted by Gasteiger charge is 2.70. The van der Waals surface area contributed by atoms with Crippen LogP contribution in [0.1, 0.15) is 11.5 Å². The Labute approximate surface area is 147 Å². The van der Waals surface area contributed by atoms with Crippen molar-refractivity contribution in [3.8, 4) is 0 Å². The topological polar surface area (TPSA) is 69.4 Å². The Morgan fingerprint density at radius 3 is 2.29 bits per heavy atom. The van der Waals surface area contributed by atoms with E-state index in [1.54, 1.807) is 49.6 Å². The first-order valence-electron chi connectivity index (χ1n) is 7.71. The zero-order valence-electron chi connectivity index (χ0n) is 13.4. The molecule has 2 N–H and O–H groups in total. The van der Waals surface area contributed by atoms with Crippen LogP contribution in [0.5, 0.6) is 0 Å². The lowest BCUT2D eigenvalue weighted by Crippen LogP contribution is -2.28. The molecule has 128 valence electrons. The number of hydrogen-bond acceptors (Lipinski definition) is 4. The molecule has 3 atom stereocenters. The summed E-state index contributed by atoms with van der Waals surface area (Å²) in [6.45, 7) is 0.540. The molecular weight excluding hydrogens is 346 g/mol. The van der Waals surface area contributed by atoms with Crippen molar-refractivity contribution >= 4 is 21.4 Å². The van der Waals surface area contributed by atoms with Gasteiger partial charge in [0.25, 0.3) is 0 Å². The van der Waals surface area contributed by atoms with Gasteiger partial charge in [-0.2, -0.15) is 0 Å². The van der Waals surface area contributed by atoms with Crippen molar-refractivity contribution in [2.45, 2.75) is 16.1 Å². The van der Waals surface area contributed by atoms with E-state index >= 15 is 0 Å². The maximum Gasteiger partial charge on any atom is 0.182 e. The molecule has 4 nitrogen and oxygen atoms in total. The van der Waals surface area contributed by atoms with Crippen LogP contribution in [-0.2, 0) is 14.6 Å². The summed E-state index contributed by atoms with van der Waals surface area (Å²) in [4.78, 5) is 0.320. The third kappa shape index (κ3) is 2.75. The van der Waals surface area contributed by atoms with Gasteiger partial charge in [0.05, 0.1) is 16.8 Å². The van der Waals surface area contributed by atoms with Gasteiger partial charge in [-0.05, 0) is 29.8 Å². The first kappa shape index (κ1) is 17.4. The Kier molecular flexibility index (Phi) is 4.71. The van der Waals surface area contributed by atoms with Crippen LogP contribution < -0.4 is 5.73 Å². The van der Waals surface area contributed by atoms with Crippen LogP contribution in [0, 0.1) is 5.41 Å². The molecule has 6 heteroatoms. The lowest BCUT2D eigenvalue weighted by Gasteiger charge is -2.15. The Hall–Kier alpha value is -1.40. The predicted molar refractivity (Wildman–Crippen MR) is 95.0 cm³/mol. The molecule has 3 rings (SSSR count). The van der Waals surface area contributed by atoms with Gasteiger partial charge in [-0.25, -0.2) is 8.42 Å². The summed E-state index contributed by atoms with van der Waals surface area (Å²) in [5.41, 5.74) is 6.32. The number of sulfone groups is 1. The molecule has 0 heterocycles. The third-order valence-corrected chi connectivity index (χ3v) is 7.40. The lowest BCUT2D eigenvalue weighted by atomic mass is 10.0. The van der Waals surface area contributed by atoms with Crippen LogP contribution in [0.15, 0.2) is 59.5 Å². The molecule has 0 bridgehead atoms. The van der Waals surface area contributed by atoms with Crippen LogP contribution in [-0.4, -0.2) is 33.9 Å². The Morgan fingerprint density at radius 2 is 1.75 bits per heavy atom. The second kappa shape index (κ2) is 6.48. The van der Waals surface area contributed by atoms with Crippen molar-refractivity contribution in [1.82, 2.24) is 0 Å². The van der Waals surface area contributed by atoms with E-state index in [-0.39, 0.29) is 12.5 Å². The molecule has 1 fully saturated rings. The SMILES string of the molecule is COC[C@@]1(CN)[C@H](c2ccc(Cl)cc2)[C@@H]1S(=O)(=O)c1ccccc1. The average molecular weight is 366 g/mol. The highest BCUT2D eigenvalue weighted by atomic mass is 35.5. The second-order valence-electron chi connectivity index (χ2n) is 6.18. The predicted octanol–water partition coefficient (Wildman–Crippen LogP) is 2.87.